The molecule has 3 rings (SSSR count). The number of nitrogens with zero attached hydrogens (tertiary/aromatic N) is 3. The molecule has 1 N–H and O–H groups in total. The quantitative estimate of drug-likeness (QED) is 0.880. The van der Waals surface area contributed by atoms with Crippen LogP contribution < -0.4 is 4.74 Å². The molecule has 0 radical (unpaired) electrons. The lowest BCUT2D eigenvalue weighted by molar-refractivity contribution is -0.140. The molecular weight excluding hydrogens is 234 g/mol. The number of carboxylic acid groups (broad SMARTS) is 1. The summed E-state index contributed by atoms with van der Waals surface area (Å²) >= 11 is 0. The molecule has 18 heavy (non-hydrogen) atoms. The topological polar surface area (TPSA) is 76.7 Å². The Hall–Kier alpha value is -2.11. The summed E-state index contributed by atoms with van der Waals surface area (Å²) in [5.41, 5.74) is 0.578. The van der Waals surface area contributed by atoms with Gasteiger partial charge in [-0.2, -0.15) is 0 Å². The van der Waals surface area contributed by atoms with Gasteiger partial charge in [0.2, 0.25) is 0 Å². The number of carboxylic acids is 1. The number of hydrogen-bond donors (Lipinski definition) is 1. The van der Waals surface area contributed by atoms with E-state index < -0.39 is 11.4 Å². The second-order valence-electron chi connectivity index (χ2n) is 4.60. The Morgan fingerprint density at radius 1 is 1.50 bits per heavy atom. The first-order chi connectivity index (χ1) is 8.58. The van der Waals surface area contributed by atoms with Crippen LogP contribution in [-0.4, -0.2) is 32.8 Å². The zero-order valence-corrected chi connectivity index (χ0v) is 10.2. The van der Waals surface area contributed by atoms with Gasteiger partial charge in [-0.05, 0) is 31.9 Å². The maximum absolute atomic E-state index is 11.3. The first-order valence-electron chi connectivity index (χ1n) is 5.73. The number of rotatable bonds is 3. The van der Waals surface area contributed by atoms with Crippen molar-refractivity contribution in [2.75, 3.05) is 7.11 Å². The van der Waals surface area contributed by atoms with Crippen molar-refractivity contribution < 1.29 is 14.6 Å². The van der Waals surface area contributed by atoms with Crippen LogP contribution in [0.1, 0.15) is 24.4 Å². The third kappa shape index (κ3) is 1.32. The third-order valence-corrected chi connectivity index (χ3v) is 3.44. The van der Waals surface area contributed by atoms with Gasteiger partial charge in [-0.25, -0.2) is 9.50 Å². The van der Waals surface area contributed by atoms with Crippen LogP contribution in [0.3, 0.4) is 0 Å². The van der Waals surface area contributed by atoms with Crippen molar-refractivity contribution >= 4 is 11.6 Å². The molecular formula is C12H13N3O3. The fraction of sp³-hybridized carbons (Fsp3) is 0.417. The Bertz CT molecular complexity index is 643. The van der Waals surface area contributed by atoms with Crippen molar-refractivity contribution in [1.29, 1.82) is 0 Å². The van der Waals surface area contributed by atoms with E-state index in [1.807, 2.05) is 19.1 Å². The van der Waals surface area contributed by atoms with E-state index >= 15 is 0 Å². The summed E-state index contributed by atoms with van der Waals surface area (Å²) in [6, 6.07) is 3.67. The number of ether oxygens (including phenoxy) is 1. The van der Waals surface area contributed by atoms with Crippen molar-refractivity contribution in [2.45, 2.75) is 25.2 Å². The van der Waals surface area contributed by atoms with Crippen LogP contribution >= 0.6 is 0 Å². The number of methoxy groups -OCH3 is 1. The summed E-state index contributed by atoms with van der Waals surface area (Å²) in [5, 5.41) is 13.6. The molecule has 0 unspecified atom stereocenters. The summed E-state index contributed by atoms with van der Waals surface area (Å²) < 4.78 is 6.85. The molecule has 0 atom stereocenters. The van der Waals surface area contributed by atoms with E-state index in [-0.39, 0.29) is 0 Å². The average molecular weight is 247 g/mol. The first-order valence-corrected chi connectivity index (χ1v) is 5.73. The Kier molecular flexibility index (Phi) is 2.10. The molecule has 0 bridgehead atoms. The predicted octanol–water partition coefficient (Wildman–Crippen LogP) is 1.16. The van der Waals surface area contributed by atoms with Crippen LogP contribution in [0.5, 0.6) is 5.75 Å². The fourth-order valence-corrected chi connectivity index (χ4v) is 2.08. The van der Waals surface area contributed by atoms with E-state index in [4.69, 9.17) is 4.74 Å². The monoisotopic (exact) mass is 247 g/mol. The highest BCUT2D eigenvalue weighted by molar-refractivity contribution is 5.83. The minimum Gasteiger partial charge on any atom is -0.493 e. The number of hydrogen-bond acceptors (Lipinski definition) is 4. The van der Waals surface area contributed by atoms with Crippen molar-refractivity contribution in [3.63, 3.8) is 0 Å². The Labute approximate surface area is 103 Å². The number of aliphatic carboxylic acids is 1. The molecule has 1 saturated carbocycles. The predicted molar refractivity (Wildman–Crippen MR) is 62.8 cm³/mol. The highest BCUT2D eigenvalue weighted by atomic mass is 16.5. The second kappa shape index (κ2) is 3.44. The zero-order chi connectivity index (χ0) is 12.9. The van der Waals surface area contributed by atoms with E-state index in [2.05, 4.69) is 10.1 Å². The van der Waals surface area contributed by atoms with Gasteiger partial charge in [0.15, 0.2) is 17.2 Å². The molecule has 0 amide bonds. The highest BCUT2D eigenvalue weighted by Crippen LogP contribution is 2.47. The van der Waals surface area contributed by atoms with Crippen molar-refractivity contribution in [3.8, 4) is 5.75 Å². The SMILES string of the molecule is COc1ccc(C)n2nc(C3(C(=O)O)CC3)nc12. The molecule has 0 spiro atoms. The van der Waals surface area contributed by atoms with Crippen molar-refractivity contribution in [2.24, 2.45) is 0 Å². The summed E-state index contributed by atoms with van der Waals surface area (Å²) in [4.78, 5) is 15.6. The van der Waals surface area contributed by atoms with Crippen LogP contribution in [0, 0.1) is 6.92 Å². The maximum Gasteiger partial charge on any atom is 0.317 e. The van der Waals surface area contributed by atoms with Gasteiger partial charge in [-0.1, -0.05) is 0 Å². The molecule has 94 valence electrons. The smallest absolute Gasteiger partial charge is 0.317 e. The van der Waals surface area contributed by atoms with Gasteiger partial charge in [0.25, 0.3) is 0 Å². The van der Waals surface area contributed by atoms with Crippen molar-refractivity contribution in [1.82, 2.24) is 14.6 Å². The zero-order valence-electron chi connectivity index (χ0n) is 10.2. The number of carbonyl (C=O) groups is 1. The standard InChI is InChI=1S/C12H13N3O3/c1-7-3-4-8(18-2)9-13-10(14-15(7)9)12(5-6-12)11(16)17/h3-4H,5-6H2,1-2H3,(H,16,17). The minimum atomic E-state index is -0.885. The number of aromatic nitrogens is 3. The molecule has 0 saturated heterocycles. The fourth-order valence-electron chi connectivity index (χ4n) is 2.08. The molecule has 1 fully saturated rings. The van der Waals surface area contributed by atoms with Crippen molar-refractivity contribution in [3.05, 3.63) is 23.7 Å². The Balaban J connectivity index is 2.23. The molecule has 2 heterocycles. The van der Waals surface area contributed by atoms with Crippen LogP contribution in [0.15, 0.2) is 12.1 Å². The van der Waals surface area contributed by atoms with Gasteiger partial charge in [-0.3, -0.25) is 4.79 Å². The first kappa shape index (κ1) is 11.0. The second-order valence-corrected chi connectivity index (χ2v) is 4.60. The summed E-state index contributed by atoms with van der Waals surface area (Å²) in [6.45, 7) is 1.89. The lowest BCUT2D eigenvalue weighted by Crippen LogP contribution is -2.21. The van der Waals surface area contributed by atoms with E-state index in [0.717, 1.165) is 5.69 Å². The maximum atomic E-state index is 11.3. The number of fused-ring (bicyclic) bond motifs is 1. The van der Waals surface area contributed by atoms with Gasteiger partial charge < -0.3 is 9.84 Å². The Morgan fingerprint density at radius 2 is 2.22 bits per heavy atom. The molecule has 6 nitrogen and oxygen atoms in total. The summed E-state index contributed by atoms with van der Waals surface area (Å²) in [6.07, 6.45) is 1.20. The third-order valence-electron chi connectivity index (χ3n) is 3.44. The Morgan fingerprint density at radius 3 is 2.78 bits per heavy atom. The van der Waals surface area contributed by atoms with Crippen LogP contribution in [0.4, 0.5) is 0 Å². The van der Waals surface area contributed by atoms with Gasteiger partial charge in [0.05, 0.1) is 7.11 Å². The molecule has 6 heteroatoms. The van der Waals surface area contributed by atoms with Gasteiger partial charge >= 0.3 is 5.97 Å². The minimum absolute atomic E-state index is 0.377. The van der Waals surface area contributed by atoms with Gasteiger partial charge in [0, 0.05) is 5.69 Å². The van der Waals surface area contributed by atoms with Gasteiger partial charge in [0.1, 0.15) is 5.41 Å². The number of aryl methyl sites for hydroxylation is 1. The normalized spacial score (nSPS) is 16.8. The largest absolute Gasteiger partial charge is 0.493 e. The molecule has 1 aliphatic carbocycles. The molecule has 1 aliphatic rings. The van der Waals surface area contributed by atoms with Gasteiger partial charge in [-0.15, -0.1) is 5.10 Å². The molecule has 2 aromatic heterocycles. The summed E-state index contributed by atoms with van der Waals surface area (Å²) in [7, 11) is 1.56. The lowest BCUT2D eigenvalue weighted by atomic mass is 10.1. The van der Waals surface area contributed by atoms with Crippen LogP contribution in [0.2, 0.25) is 0 Å². The van der Waals surface area contributed by atoms with E-state index in [9.17, 15) is 9.90 Å². The van der Waals surface area contributed by atoms with E-state index in [1.54, 1.807) is 11.6 Å². The number of pyridine rings is 1. The average Bonchev–Trinajstić information content (AvgIpc) is 3.04. The molecule has 0 aliphatic heterocycles. The van der Waals surface area contributed by atoms with Crippen LogP contribution in [0.25, 0.3) is 5.65 Å². The van der Waals surface area contributed by atoms with Crippen LogP contribution in [-0.2, 0) is 10.2 Å². The highest BCUT2D eigenvalue weighted by Gasteiger charge is 2.55. The molecule has 0 aromatic carbocycles. The van der Waals surface area contributed by atoms with E-state index in [1.165, 1.54) is 0 Å². The lowest BCUT2D eigenvalue weighted by Gasteiger charge is -2.02. The van der Waals surface area contributed by atoms with E-state index in [0.29, 0.717) is 30.1 Å². The molecule has 2 aromatic rings. The summed E-state index contributed by atoms with van der Waals surface area (Å²) in [5.74, 6) is 0.123.